The molecular weight excluding hydrogens is 340 g/mol. The predicted octanol–water partition coefficient (Wildman–Crippen LogP) is 3.83. The summed E-state index contributed by atoms with van der Waals surface area (Å²) in [6.45, 7) is 0. The summed E-state index contributed by atoms with van der Waals surface area (Å²) in [7, 11) is 0. The number of hydrogen-bond acceptors (Lipinski definition) is 5. The van der Waals surface area contributed by atoms with Crippen LogP contribution in [-0.4, -0.2) is 26.2 Å². The lowest BCUT2D eigenvalue weighted by molar-refractivity contribution is 0.475. The summed E-state index contributed by atoms with van der Waals surface area (Å²) in [5.41, 5.74) is 0.757. The van der Waals surface area contributed by atoms with Crippen molar-refractivity contribution in [1.82, 2.24) is 14.9 Å². The summed E-state index contributed by atoms with van der Waals surface area (Å²) in [4.78, 5) is 1.18. The summed E-state index contributed by atoms with van der Waals surface area (Å²) >= 11 is 12.7. The van der Waals surface area contributed by atoms with Crippen LogP contribution in [0, 0.1) is 4.77 Å². The highest BCUT2D eigenvalue weighted by molar-refractivity contribution is 7.71. The van der Waals surface area contributed by atoms with Gasteiger partial charge in [0.05, 0.1) is 11.2 Å². The summed E-state index contributed by atoms with van der Waals surface area (Å²) in [6.07, 6.45) is 2.27. The number of benzene rings is 1. The van der Waals surface area contributed by atoms with E-state index in [2.05, 4.69) is 15.3 Å². The van der Waals surface area contributed by atoms with Gasteiger partial charge in [0.15, 0.2) is 5.82 Å². The summed E-state index contributed by atoms with van der Waals surface area (Å²) < 4.78 is 2.00. The van der Waals surface area contributed by atoms with Crippen LogP contribution in [0.5, 0.6) is 5.75 Å². The van der Waals surface area contributed by atoms with E-state index in [1.54, 1.807) is 34.4 Å². The molecule has 5 nitrogen and oxygen atoms in total. The Hall–Kier alpha value is -1.96. The van der Waals surface area contributed by atoms with Crippen molar-refractivity contribution in [2.24, 2.45) is 5.10 Å². The van der Waals surface area contributed by atoms with Crippen LogP contribution in [-0.2, 0) is 6.42 Å². The number of nitrogens with one attached hydrogen (secondary N) is 1. The number of phenolic OH excluding ortho intramolecular Hbond substituents is 1. The number of rotatable bonds is 4. The molecule has 0 saturated heterocycles. The van der Waals surface area contributed by atoms with Crippen LogP contribution in [0.3, 0.4) is 0 Å². The number of aromatic nitrogens is 3. The van der Waals surface area contributed by atoms with Crippen LogP contribution in [0.1, 0.15) is 16.3 Å². The average Bonchev–Trinajstić information content (AvgIpc) is 3.12. The third kappa shape index (κ3) is 3.27. The Labute approximate surface area is 140 Å². The minimum absolute atomic E-state index is 0.0390. The van der Waals surface area contributed by atoms with Crippen LogP contribution in [0.2, 0.25) is 5.02 Å². The smallest absolute Gasteiger partial charge is 0.216 e. The van der Waals surface area contributed by atoms with Crippen LogP contribution in [0.15, 0.2) is 40.8 Å². The number of halogens is 1. The fraction of sp³-hybridized carbons (Fsp3) is 0.0714. The average molecular weight is 351 g/mol. The van der Waals surface area contributed by atoms with Gasteiger partial charge in [-0.05, 0) is 47.4 Å². The summed E-state index contributed by atoms with van der Waals surface area (Å²) in [6, 6.07) is 8.89. The molecule has 0 aliphatic rings. The Bertz CT molecular complexity index is 867. The van der Waals surface area contributed by atoms with Gasteiger partial charge in [-0.25, -0.2) is 0 Å². The van der Waals surface area contributed by atoms with Crippen molar-refractivity contribution in [2.75, 3.05) is 0 Å². The van der Waals surface area contributed by atoms with E-state index in [0.29, 0.717) is 11.2 Å². The molecule has 112 valence electrons. The van der Waals surface area contributed by atoms with E-state index in [4.69, 9.17) is 23.8 Å². The number of H-pyrrole nitrogens is 1. The quantitative estimate of drug-likeness (QED) is 0.555. The molecule has 8 heteroatoms. The third-order valence-electron chi connectivity index (χ3n) is 2.92. The molecule has 0 fully saturated rings. The molecule has 0 bridgehead atoms. The minimum atomic E-state index is 0.0390. The molecule has 0 aliphatic carbocycles. The molecule has 0 atom stereocenters. The van der Waals surface area contributed by atoms with E-state index in [0.717, 1.165) is 11.4 Å². The first-order valence-corrected chi connectivity index (χ1v) is 8.01. The number of thiophene rings is 1. The molecule has 0 amide bonds. The highest BCUT2D eigenvalue weighted by atomic mass is 35.5. The molecule has 0 saturated carbocycles. The van der Waals surface area contributed by atoms with Gasteiger partial charge in [0.25, 0.3) is 0 Å². The second-order valence-electron chi connectivity index (χ2n) is 4.47. The van der Waals surface area contributed by atoms with Gasteiger partial charge in [0.1, 0.15) is 5.75 Å². The molecule has 3 aromatic rings. The van der Waals surface area contributed by atoms with Crippen molar-refractivity contribution < 1.29 is 5.11 Å². The summed E-state index contributed by atoms with van der Waals surface area (Å²) in [5, 5.41) is 23.0. The zero-order valence-electron chi connectivity index (χ0n) is 11.2. The second kappa shape index (κ2) is 6.43. The molecule has 3 rings (SSSR count). The molecule has 22 heavy (non-hydrogen) atoms. The van der Waals surface area contributed by atoms with E-state index < -0.39 is 0 Å². The van der Waals surface area contributed by atoms with E-state index in [9.17, 15) is 5.11 Å². The lowest BCUT2D eigenvalue weighted by Crippen LogP contribution is -1.99. The predicted molar refractivity (Wildman–Crippen MR) is 90.6 cm³/mol. The molecule has 0 aliphatic heterocycles. The maximum Gasteiger partial charge on any atom is 0.216 e. The number of nitrogens with zero attached hydrogens (tertiary/aromatic N) is 3. The molecule has 0 radical (unpaired) electrons. The SMILES string of the molecule is Oc1ccc(/C=N\n2c(Cc3cccs3)n[nH]c2=S)cc1Cl. The van der Waals surface area contributed by atoms with Gasteiger partial charge in [0, 0.05) is 11.3 Å². The molecule has 0 unspecified atom stereocenters. The van der Waals surface area contributed by atoms with Crippen LogP contribution < -0.4 is 0 Å². The number of hydrogen-bond donors (Lipinski definition) is 2. The minimum Gasteiger partial charge on any atom is -0.506 e. The highest BCUT2D eigenvalue weighted by Crippen LogP contribution is 2.23. The molecule has 0 spiro atoms. The Morgan fingerprint density at radius 1 is 1.45 bits per heavy atom. The Balaban J connectivity index is 1.88. The number of phenols is 1. The molecule has 2 N–H and O–H groups in total. The molecule has 2 aromatic heterocycles. The molecular formula is C14H11ClN4OS2. The van der Waals surface area contributed by atoms with Gasteiger partial charge in [0.2, 0.25) is 4.77 Å². The zero-order valence-corrected chi connectivity index (χ0v) is 13.6. The van der Waals surface area contributed by atoms with Gasteiger partial charge in [-0.15, -0.1) is 11.3 Å². The first kappa shape index (κ1) is 15.0. The van der Waals surface area contributed by atoms with E-state index in [-0.39, 0.29) is 10.8 Å². The Morgan fingerprint density at radius 3 is 3.05 bits per heavy atom. The fourth-order valence-electron chi connectivity index (χ4n) is 1.85. The lowest BCUT2D eigenvalue weighted by atomic mass is 10.2. The van der Waals surface area contributed by atoms with Gasteiger partial charge in [-0.3, -0.25) is 5.10 Å². The molecule has 1 aromatic carbocycles. The lowest BCUT2D eigenvalue weighted by Gasteiger charge is -2.00. The topological polar surface area (TPSA) is 66.2 Å². The van der Waals surface area contributed by atoms with Crippen LogP contribution in [0.4, 0.5) is 0 Å². The monoisotopic (exact) mass is 350 g/mol. The number of aromatic amines is 1. The Morgan fingerprint density at radius 2 is 2.32 bits per heavy atom. The van der Waals surface area contributed by atoms with Crippen LogP contribution >= 0.6 is 35.2 Å². The van der Waals surface area contributed by atoms with Crippen molar-refractivity contribution in [2.45, 2.75) is 6.42 Å². The van der Waals surface area contributed by atoms with Crippen molar-refractivity contribution >= 4 is 41.4 Å². The van der Waals surface area contributed by atoms with Crippen molar-refractivity contribution in [1.29, 1.82) is 0 Å². The zero-order chi connectivity index (χ0) is 15.5. The second-order valence-corrected chi connectivity index (χ2v) is 6.29. The van der Waals surface area contributed by atoms with E-state index in [1.807, 2.05) is 17.5 Å². The van der Waals surface area contributed by atoms with Crippen molar-refractivity contribution in [3.05, 3.63) is 61.8 Å². The first-order chi connectivity index (χ1) is 10.6. The van der Waals surface area contributed by atoms with Crippen molar-refractivity contribution in [3.63, 3.8) is 0 Å². The first-order valence-electron chi connectivity index (χ1n) is 6.35. The molecule has 2 heterocycles. The van der Waals surface area contributed by atoms with Gasteiger partial charge < -0.3 is 5.11 Å². The van der Waals surface area contributed by atoms with Gasteiger partial charge >= 0.3 is 0 Å². The fourth-order valence-corrected chi connectivity index (χ4v) is 2.94. The summed E-state index contributed by atoms with van der Waals surface area (Å²) in [5.74, 6) is 0.769. The standard InChI is InChI=1S/C14H11ClN4OS2/c15-11-6-9(3-4-12(11)20)8-16-19-13(17-18-14(19)21)7-10-2-1-5-22-10/h1-6,8,20H,7H2,(H,18,21)/b16-8-. The van der Waals surface area contributed by atoms with Crippen molar-refractivity contribution in [3.8, 4) is 5.75 Å². The van der Waals surface area contributed by atoms with E-state index >= 15 is 0 Å². The highest BCUT2D eigenvalue weighted by Gasteiger charge is 2.07. The number of aromatic hydroxyl groups is 1. The van der Waals surface area contributed by atoms with Crippen LogP contribution in [0.25, 0.3) is 0 Å². The van der Waals surface area contributed by atoms with Gasteiger partial charge in [-0.1, -0.05) is 17.7 Å². The largest absolute Gasteiger partial charge is 0.506 e. The maximum atomic E-state index is 9.42. The van der Waals surface area contributed by atoms with E-state index in [1.165, 1.54) is 10.9 Å². The third-order valence-corrected chi connectivity index (χ3v) is 4.37. The maximum absolute atomic E-state index is 9.42. The normalized spacial score (nSPS) is 11.3. The Kier molecular flexibility index (Phi) is 4.37. The van der Waals surface area contributed by atoms with Gasteiger partial charge in [-0.2, -0.15) is 14.9 Å².